The van der Waals surface area contributed by atoms with Gasteiger partial charge in [0.05, 0.1) is 13.2 Å². The monoisotopic (exact) mass is 326 g/mol. The van der Waals surface area contributed by atoms with Gasteiger partial charge in [0.15, 0.2) is 0 Å². The van der Waals surface area contributed by atoms with Crippen LogP contribution in [-0.2, 0) is 9.53 Å². The van der Waals surface area contributed by atoms with Crippen LogP contribution < -0.4 is 5.73 Å². The zero-order valence-electron chi connectivity index (χ0n) is 10.6. The summed E-state index contributed by atoms with van der Waals surface area (Å²) in [5.41, 5.74) is 6.75. The van der Waals surface area contributed by atoms with Gasteiger partial charge in [-0.1, -0.05) is 22.0 Å². The molecule has 1 atom stereocenters. The molecule has 6 heteroatoms. The second-order valence-corrected chi connectivity index (χ2v) is 5.37. The second kappa shape index (κ2) is 5.71. The third kappa shape index (κ3) is 2.96. The number of carbonyl (C=O) groups is 2. The van der Waals surface area contributed by atoms with Crippen LogP contribution in [0.3, 0.4) is 0 Å². The van der Waals surface area contributed by atoms with E-state index >= 15 is 0 Å². The molecular formula is C13H15BrN2O3. The predicted molar refractivity (Wildman–Crippen MR) is 73.7 cm³/mol. The average Bonchev–Trinajstić information content (AvgIpc) is 2.40. The Bertz CT molecular complexity index is 519. The molecule has 1 aromatic carbocycles. The summed E-state index contributed by atoms with van der Waals surface area (Å²) in [7, 11) is 0. The van der Waals surface area contributed by atoms with E-state index in [-0.39, 0.29) is 12.5 Å². The highest BCUT2D eigenvalue weighted by molar-refractivity contribution is 9.10. The van der Waals surface area contributed by atoms with Crippen LogP contribution in [0.15, 0.2) is 22.7 Å². The summed E-state index contributed by atoms with van der Waals surface area (Å²) in [5, 5.41) is 0. The summed E-state index contributed by atoms with van der Waals surface area (Å²) in [4.78, 5) is 25.4. The van der Waals surface area contributed by atoms with Crippen LogP contribution >= 0.6 is 15.9 Å². The molecular weight excluding hydrogens is 312 g/mol. The number of nitrogens with zero attached hydrogens (tertiary/aromatic N) is 1. The molecule has 1 saturated heterocycles. The number of hydrogen-bond donors (Lipinski definition) is 1. The van der Waals surface area contributed by atoms with Gasteiger partial charge in [-0.05, 0) is 24.6 Å². The molecule has 0 aliphatic carbocycles. The van der Waals surface area contributed by atoms with Crippen molar-refractivity contribution in [3.8, 4) is 0 Å². The topological polar surface area (TPSA) is 72.6 Å². The minimum absolute atomic E-state index is 0.161. The van der Waals surface area contributed by atoms with Gasteiger partial charge in [-0.3, -0.25) is 9.59 Å². The lowest BCUT2D eigenvalue weighted by atomic mass is 10.1. The first-order chi connectivity index (χ1) is 9.00. The summed E-state index contributed by atoms with van der Waals surface area (Å²) < 4.78 is 6.03. The van der Waals surface area contributed by atoms with Crippen molar-refractivity contribution in [2.45, 2.75) is 13.0 Å². The van der Waals surface area contributed by atoms with Crippen molar-refractivity contribution in [3.63, 3.8) is 0 Å². The van der Waals surface area contributed by atoms with Gasteiger partial charge in [0.1, 0.15) is 6.04 Å². The highest BCUT2D eigenvalue weighted by Gasteiger charge is 2.32. The summed E-state index contributed by atoms with van der Waals surface area (Å²) in [6, 6.07) is 4.79. The molecule has 0 aromatic heterocycles. The first kappa shape index (κ1) is 14.0. The lowest BCUT2D eigenvalue weighted by Crippen LogP contribution is -2.54. The zero-order chi connectivity index (χ0) is 14.0. The molecule has 0 spiro atoms. The third-order valence-electron chi connectivity index (χ3n) is 3.15. The molecule has 1 aromatic rings. The quantitative estimate of drug-likeness (QED) is 0.884. The minimum Gasteiger partial charge on any atom is -0.377 e. The van der Waals surface area contributed by atoms with Crippen molar-refractivity contribution >= 4 is 27.7 Å². The van der Waals surface area contributed by atoms with Gasteiger partial charge < -0.3 is 15.4 Å². The van der Waals surface area contributed by atoms with Crippen LogP contribution in [-0.4, -0.2) is 42.5 Å². The Labute approximate surface area is 119 Å². The molecule has 1 unspecified atom stereocenters. The Kier molecular flexibility index (Phi) is 4.21. The van der Waals surface area contributed by atoms with E-state index in [2.05, 4.69) is 15.9 Å². The molecule has 2 rings (SSSR count). The fraction of sp³-hybridized carbons (Fsp3) is 0.385. The molecule has 0 bridgehead atoms. The van der Waals surface area contributed by atoms with Crippen LogP contribution in [0, 0.1) is 6.92 Å². The fourth-order valence-electron chi connectivity index (χ4n) is 2.06. The maximum Gasteiger partial charge on any atom is 0.255 e. The predicted octanol–water partition coefficient (Wildman–Crippen LogP) is 1.08. The molecule has 1 heterocycles. The fourth-order valence-corrected chi connectivity index (χ4v) is 2.42. The van der Waals surface area contributed by atoms with Crippen LogP contribution in [0.1, 0.15) is 15.9 Å². The SMILES string of the molecule is Cc1ccc(Br)cc1C(=O)N1CCOCC1C(N)=O. The van der Waals surface area contributed by atoms with E-state index in [1.165, 1.54) is 4.90 Å². The van der Waals surface area contributed by atoms with Gasteiger partial charge in [0.2, 0.25) is 5.91 Å². The molecule has 2 amide bonds. The van der Waals surface area contributed by atoms with E-state index in [9.17, 15) is 9.59 Å². The van der Waals surface area contributed by atoms with Crippen LogP contribution in [0.4, 0.5) is 0 Å². The summed E-state index contributed by atoms with van der Waals surface area (Å²) in [6.07, 6.45) is 0. The summed E-state index contributed by atoms with van der Waals surface area (Å²) >= 11 is 3.35. The van der Waals surface area contributed by atoms with E-state index in [4.69, 9.17) is 10.5 Å². The van der Waals surface area contributed by atoms with Crippen LogP contribution in [0.2, 0.25) is 0 Å². The first-order valence-electron chi connectivity index (χ1n) is 5.95. The number of hydrogen-bond acceptors (Lipinski definition) is 3. The average molecular weight is 327 g/mol. The number of amides is 2. The number of rotatable bonds is 2. The van der Waals surface area contributed by atoms with Gasteiger partial charge in [0.25, 0.3) is 5.91 Å². The largest absolute Gasteiger partial charge is 0.377 e. The van der Waals surface area contributed by atoms with Crippen LogP contribution in [0.25, 0.3) is 0 Å². The Hall–Kier alpha value is -1.40. The molecule has 19 heavy (non-hydrogen) atoms. The molecule has 102 valence electrons. The normalized spacial score (nSPS) is 19.3. The molecule has 1 aliphatic rings. The number of primary amides is 1. The van der Waals surface area contributed by atoms with Crippen molar-refractivity contribution in [3.05, 3.63) is 33.8 Å². The van der Waals surface area contributed by atoms with Crippen molar-refractivity contribution in [1.29, 1.82) is 0 Å². The molecule has 5 nitrogen and oxygen atoms in total. The highest BCUT2D eigenvalue weighted by Crippen LogP contribution is 2.20. The minimum atomic E-state index is -0.695. The van der Waals surface area contributed by atoms with E-state index < -0.39 is 11.9 Å². The van der Waals surface area contributed by atoms with E-state index in [1.54, 1.807) is 6.07 Å². The number of nitrogens with two attached hydrogens (primary N) is 1. The maximum absolute atomic E-state index is 12.5. The van der Waals surface area contributed by atoms with Crippen molar-refractivity contribution < 1.29 is 14.3 Å². The number of benzene rings is 1. The summed E-state index contributed by atoms with van der Waals surface area (Å²) in [6.45, 7) is 2.81. The number of halogens is 1. The van der Waals surface area contributed by atoms with Gasteiger partial charge in [-0.25, -0.2) is 0 Å². The first-order valence-corrected chi connectivity index (χ1v) is 6.74. The van der Waals surface area contributed by atoms with E-state index in [0.717, 1.165) is 10.0 Å². The van der Waals surface area contributed by atoms with Gasteiger partial charge in [-0.2, -0.15) is 0 Å². The van der Waals surface area contributed by atoms with Gasteiger partial charge in [-0.15, -0.1) is 0 Å². The Morgan fingerprint density at radius 3 is 2.89 bits per heavy atom. The van der Waals surface area contributed by atoms with E-state index in [0.29, 0.717) is 18.7 Å². The summed E-state index contributed by atoms with van der Waals surface area (Å²) in [5.74, 6) is -0.730. The van der Waals surface area contributed by atoms with Crippen molar-refractivity contribution in [2.24, 2.45) is 5.73 Å². The lowest BCUT2D eigenvalue weighted by molar-refractivity contribution is -0.127. The van der Waals surface area contributed by atoms with Gasteiger partial charge in [0, 0.05) is 16.6 Å². The molecule has 2 N–H and O–H groups in total. The Balaban J connectivity index is 2.31. The smallest absolute Gasteiger partial charge is 0.255 e. The van der Waals surface area contributed by atoms with Gasteiger partial charge >= 0.3 is 0 Å². The number of morpholine rings is 1. The molecule has 1 fully saturated rings. The molecule has 0 saturated carbocycles. The third-order valence-corrected chi connectivity index (χ3v) is 3.64. The Morgan fingerprint density at radius 1 is 1.47 bits per heavy atom. The number of carbonyl (C=O) groups excluding carboxylic acids is 2. The Morgan fingerprint density at radius 2 is 2.21 bits per heavy atom. The van der Waals surface area contributed by atoms with Crippen LogP contribution in [0.5, 0.6) is 0 Å². The van der Waals surface area contributed by atoms with E-state index in [1.807, 2.05) is 19.1 Å². The number of ether oxygens (including phenoxy) is 1. The van der Waals surface area contributed by atoms with Crippen molar-refractivity contribution in [2.75, 3.05) is 19.8 Å². The maximum atomic E-state index is 12.5. The highest BCUT2D eigenvalue weighted by atomic mass is 79.9. The molecule has 0 radical (unpaired) electrons. The molecule has 1 aliphatic heterocycles. The number of aryl methyl sites for hydroxylation is 1. The zero-order valence-corrected chi connectivity index (χ0v) is 12.1. The standard InChI is InChI=1S/C13H15BrN2O3/c1-8-2-3-9(14)6-10(8)13(18)16-4-5-19-7-11(16)12(15)17/h2-3,6,11H,4-5,7H2,1H3,(H2,15,17). The second-order valence-electron chi connectivity index (χ2n) is 4.45. The van der Waals surface area contributed by atoms with Crippen molar-refractivity contribution in [1.82, 2.24) is 4.90 Å². The lowest BCUT2D eigenvalue weighted by Gasteiger charge is -2.33.